The molecular weight excluding hydrogens is 256 g/mol. The number of nitrogens with zero attached hydrogens (tertiary/aromatic N) is 1. The fraction of sp³-hybridized carbons (Fsp3) is 0.429. The van der Waals surface area contributed by atoms with E-state index in [4.69, 9.17) is 0 Å². The predicted molar refractivity (Wildman–Crippen MR) is 77.8 cm³/mol. The maximum atomic E-state index is 12.1. The first-order chi connectivity index (χ1) is 9.58. The summed E-state index contributed by atoms with van der Waals surface area (Å²) in [6, 6.07) is 7.35. The number of likely N-dealkylation sites (tertiary alicyclic amines) is 1. The Morgan fingerprint density at radius 1 is 1.35 bits per heavy atom. The number of urea groups is 2. The summed E-state index contributed by atoms with van der Waals surface area (Å²) in [5.41, 5.74) is 1.89. The summed E-state index contributed by atoms with van der Waals surface area (Å²) < 4.78 is 0. The van der Waals surface area contributed by atoms with Crippen LogP contribution in [0.1, 0.15) is 12.0 Å². The fourth-order valence-corrected chi connectivity index (χ4v) is 2.25. The molecule has 6 nitrogen and oxygen atoms in total. The van der Waals surface area contributed by atoms with Crippen LogP contribution in [0, 0.1) is 6.92 Å². The van der Waals surface area contributed by atoms with E-state index in [1.165, 1.54) is 0 Å². The molecule has 2 rings (SSSR count). The molecular formula is C14H20N4O2. The zero-order chi connectivity index (χ0) is 14.5. The molecule has 0 spiro atoms. The van der Waals surface area contributed by atoms with Crippen molar-refractivity contribution in [3.63, 3.8) is 0 Å². The lowest BCUT2D eigenvalue weighted by Gasteiger charge is -2.18. The molecule has 1 heterocycles. The van der Waals surface area contributed by atoms with Crippen LogP contribution < -0.4 is 16.0 Å². The van der Waals surface area contributed by atoms with Gasteiger partial charge in [-0.3, -0.25) is 0 Å². The quantitative estimate of drug-likeness (QED) is 0.766. The maximum Gasteiger partial charge on any atom is 0.321 e. The molecule has 1 atom stereocenters. The van der Waals surface area contributed by atoms with Gasteiger partial charge in [0.25, 0.3) is 0 Å². The smallest absolute Gasteiger partial charge is 0.321 e. The van der Waals surface area contributed by atoms with Gasteiger partial charge < -0.3 is 20.9 Å². The average molecular weight is 276 g/mol. The molecule has 3 N–H and O–H groups in total. The minimum absolute atomic E-state index is 0.0122. The van der Waals surface area contributed by atoms with Gasteiger partial charge in [0, 0.05) is 31.9 Å². The van der Waals surface area contributed by atoms with E-state index >= 15 is 0 Å². The minimum atomic E-state index is -0.212. The number of amides is 4. The van der Waals surface area contributed by atoms with Crippen molar-refractivity contribution in [2.24, 2.45) is 0 Å². The van der Waals surface area contributed by atoms with Crippen molar-refractivity contribution in [3.8, 4) is 0 Å². The van der Waals surface area contributed by atoms with Gasteiger partial charge in [-0.2, -0.15) is 0 Å². The second-order valence-corrected chi connectivity index (χ2v) is 4.95. The fourth-order valence-electron chi connectivity index (χ4n) is 2.25. The third-order valence-corrected chi connectivity index (χ3v) is 3.31. The molecule has 6 heteroatoms. The Morgan fingerprint density at radius 2 is 2.15 bits per heavy atom. The Bertz CT molecular complexity index is 504. The number of carbonyl (C=O) groups is 2. The lowest BCUT2D eigenvalue weighted by atomic mass is 10.2. The average Bonchev–Trinajstić information content (AvgIpc) is 2.87. The molecule has 20 heavy (non-hydrogen) atoms. The van der Waals surface area contributed by atoms with Crippen LogP contribution in [0.3, 0.4) is 0 Å². The highest BCUT2D eigenvalue weighted by molar-refractivity contribution is 5.89. The SMILES string of the molecule is CNC(=O)N[C@@H]1CCN(C(=O)Nc2cccc(C)c2)C1. The standard InChI is InChI=1S/C14H20N4O2/c1-10-4-3-5-11(8-10)17-14(20)18-7-6-12(9-18)16-13(19)15-2/h3-5,8,12H,6-7,9H2,1-2H3,(H,17,20)(H2,15,16,19)/t12-/m1/s1. The van der Waals surface area contributed by atoms with Crippen LogP contribution in [0.15, 0.2) is 24.3 Å². The normalized spacial score (nSPS) is 17.7. The number of rotatable bonds is 2. The van der Waals surface area contributed by atoms with Crippen molar-refractivity contribution in [3.05, 3.63) is 29.8 Å². The largest absolute Gasteiger partial charge is 0.341 e. The zero-order valence-electron chi connectivity index (χ0n) is 11.8. The number of hydrogen-bond donors (Lipinski definition) is 3. The van der Waals surface area contributed by atoms with Crippen LogP contribution in [0.2, 0.25) is 0 Å². The van der Waals surface area contributed by atoms with E-state index in [-0.39, 0.29) is 18.1 Å². The maximum absolute atomic E-state index is 12.1. The summed E-state index contributed by atoms with van der Waals surface area (Å²) in [6.07, 6.45) is 0.772. The molecule has 1 saturated heterocycles. The minimum Gasteiger partial charge on any atom is -0.341 e. The lowest BCUT2D eigenvalue weighted by Crippen LogP contribution is -2.43. The van der Waals surface area contributed by atoms with Crippen LogP contribution in [-0.4, -0.2) is 43.1 Å². The summed E-state index contributed by atoms with van der Waals surface area (Å²) >= 11 is 0. The molecule has 1 aliphatic rings. The van der Waals surface area contributed by atoms with E-state index in [9.17, 15) is 9.59 Å². The first kappa shape index (κ1) is 14.2. The molecule has 4 amide bonds. The molecule has 1 aliphatic heterocycles. The highest BCUT2D eigenvalue weighted by Crippen LogP contribution is 2.14. The summed E-state index contributed by atoms with van der Waals surface area (Å²) in [5.74, 6) is 0. The highest BCUT2D eigenvalue weighted by Gasteiger charge is 2.27. The van der Waals surface area contributed by atoms with Crippen LogP contribution in [0.25, 0.3) is 0 Å². The Morgan fingerprint density at radius 3 is 2.85 bits per heavy atom. The number of benzene rings is 1. The Labute approximate surface area is 118 Å². The number of aryl methyl sites for hydroxylation is 1. The van der Waals surface area contributed by atoms with E-state index < -0.39 is 0 Å². The van der Waals surface area contributed by atoms with Gasteiger partial charge in [-0.15, -0.1) is 0 Å². The summed E-state index contributed by atoms with van der Waals surface area (Å²) in [7, 11) is 1.58. The Hall–Kier alpha value is -2.24. The lowest BCUT2D eigenvalue weighted by molar-refractivity contribution is 0.220. The molecule has 0 aromatic heterocycles. The molecule has 108 valence electrons. The topological polar surface area (TPSA) is 73.5 Å². The molecule has 0 radical (unpaired) electrons. The molecule has 0 unspecified atom stereocenters. The van der Waals surface area contributed by atoms with Gasteiger partial charge in [0.05, 0.1) is 0 Å². The van der Waals surface area contributed by atoms with E-state index in [0.717, 1.165) is 17.7 Å². The van der Waals surface area contributed by atoms with Gasteiger partial charge >= 0.3 is 12.1 Å². The van der Waals surface area contributed by atoms with Crippen LogP contribution in [0.5, 0.6) is 0 Å². The second-order valence-electron chi connectivity index (χ2n) is 4.95. The molecule has 1 aromatic carbocycles. The van der Waals surface area contributed by atoms with E-state index in [2.05, 4.69) is 16.0 Å². The number of nitrogens with one attached hydrogen (secondary N) is 3. The molecule has 1 fully saturated rings. The number of hydrogen-bond acceptors (Lipinski definition) is 2. The van der Waals surface area contributed by atoms with Gasteiger partial charge in [0.1, 0.15) is 0 Å². The first-order valence-corrected chi connectivity index (χ1v) is 6.69. The van der Waals surface area contributed by atoms with Gasteiger partial charge in [-0.25, -0.2) is 9.59 Å². The first-order valence-electron chi connectivity index (χ1n) is 6.69. The predicted octanol–water partition coefficient (Wildman–Crippen LogP) is 1.53. The number of anilines is 1. The summed E-state index contributed by atoms with van der Waals surface area (Å²) in [4.78, 5) is 25.1. The van der Waals surface area contributed by atoms with Gasteiger partial charge in [0.2, 0.25) is 0 Å². The van der Waals surface area contributed by atoms with Crippen LogP contribution in [0.4, 0.5) is 15.3 Å². The van der Waals surface area contributed by atoms with Crippen molar-refractivity contribution in [2.75, 3.05) is 25.5 Å². The van der Waals surface area contributed by atoms with Crippen molar-refractivity contribution >= 4 is 17.7 Å². The third kappa shape index (κ3) is 3.63. The molecule has 0 saturated carbocycles. The number of carbonyl (C=O) groups excluding carboxylic acids is 2. The van der Waals surface area contributed by atoms with Crippen LogP contribution >= 0.6 is 0 Å². The van der Waals surface area contributed by atoms with Crippen molar-refractivity contribution < 1.29 is 9.59 Å². The molecule has 0 aliphatic carbocycles. The van der Waals surface area contributed by atoms with Gasteiger partial charge in [-0.1, -0.05) is 12.1 Å². The highest BCUT2D eigenvalue weighted by atomic mass is 16.2. The molecule has 1 aromatic rings. The summed E-state index contributed by atoms with van der Waals surface area (Å²) in [5, 5.41) is 8.20. The monoisotopic (exact) mass is 276 g/mol. The summed E-state index contributed by atoms with van der Waals surface area (Å²) in [6.45, 7) is 3.16. The van der Waals surface area contributed by atoms with Gasteiger partial charge in [0.15, 0.2) is 0 Å². The van der Waals surface area contributed by atoms with E-state index in [1.54, 1.807) is 11.9 Å². The second kappa shape index (κ2) is 6.27. The van der Waals surface area contributed by atoms with Crippen LogP contribution in [-0.2, 0) is 0 Å². The Kier molecular flexibility index (Phi) is 4.45. The zero-order valence-corrected chi connectivity index (χ0v) is 11.8. The van der Waals surface area contributed by atoms with E-state index in [1.807, 2.05) is 31.2 Å². The van der Waals surface area contributed by atoms with Crippen molar-refractivity contribution in [1.29, 1.82) is 0 Å². The van der Waals surface area contributed by atoms with Crippen molar-refractivity contribution in [2.45, 2.75) is 19.4 Å². The van der Waals surface area contributed by atoms with E-state index in [0.29, 0.717) is 13.1 Å². The molecule has 0 bridgehead atoms. The van der Waals surface area contributed by atoms with Crippen molar-refractivity contribution in [1.82, 2.24) is 15.5 Å². The third-order valence-electron chi connectivity index (χ3n) is 3.31. The Balaban J connectivity index is 1.87. The van der Waals surface area contributed by atoms with Gasteiger partial charge in [-0.05, 0) is 31.0 Å².